The summed E-state index contributed by atoms with van der Waals surface area (Å²) in [5, 5.41) is 0.986. The normalized spacial score (nSPS) is 10.6. The fraction of sp³-hybridized carbons (Fsp3) is 0.118. The molecule has 0 fully saturated rings. The van der Waals surface area contributed by atoms with Crippen LogP contribution in [0.1, 0.15) is 16.8 Å². The predicted molar refractivity (Wildman–Crippen MR) is 83.8 cm³/mol. The second-order valence-electron chi connectivity index (χ2n) is 4.65. The molecule has 0 aliphatic heterocycles. The van der Waals surface area contributed by atoms with Crippen LogP contribution in [0.3, 0.4) is 0 Å². The van der Waals surface area contributed by atoms with Crippen LogP contribution in [0.4, 0.5) is 0 Å². The molecule has 3 heteroatoms. The van der Waals surface area contributed by atoms with E-state index in [0.717, 1.165) is 23.0 Å². The molecule has 0 atom stereocenters. The van der Waals surface area contributed by atoms with Gasteiger partial charge in [0.15, 0.2) is 5.16 Å². The van der Waals surface area contributed by atoms with Crippen molar-refractivity contribution in [2.45, 2.75) is 17.3 Å². The standard InChI is InChI=1S/C17H16N2S/c1-3-7-14(8-4-1)11-16-12-18-17(19-16)20-13-15-9-5-2-6-10-15/h1-10,12H,11,13H2,(H,18,19). The SMILES string of the molecule is c1ccc(CSc2ncc(Cc3ccccc3)[nH]2)cc1. The van der Waals surface area contributed by atoms with Crippen LogP contribution in [-0.4, -0.2) is 9.97 Å². The summed E-state index contributed by atoms with van der Waals surface area (Å²) in [7, 11) is 0. The third-order valence-electron chi connectivity index (χ3n) is 3.06. The topological polar surface area (TPSA) is 28.7 Å². The van der Waals surface area contributed by atoms with E-state index >= 15 is 0 Å². The monoisotopic (exact) mass is 280 g/mol. The molecule has 2 nitrogen and oxygen atoms in total. The average Bonchev–Trinajstić information content (AvgIpc) is 2.95. The van der Waals surface area contributed by atoms with Crippen LogP contribution in [0.2, 0.25) is 0 Å². The number of thioether (sulfide) groups is 1. The minimum atomic E-state index is 0.903. The summed E-state index contributed by atoms with van der Waals surface area (Å²) in [4.78, 5) is 7.82. The number of hydrogen-bond donors (Lipinski definition) is 1. The predicted octanol–water partition coefficient (Wildman–Crippen LogP) is 4.29. The molecule has 0 aliphatic rings. The Morgan fingerprint density at radius 1 is 0.850 bits per heavy atom. The van der Waals surface area contributed by atoms with Gasteiger partial charge in [-0.1, -0.05) is 72.4 Å². The highest BCUT2D eigenvalue weighted by atomic mass is 32.2. The van der Waals surface area contributed by atoms with Gasteiger partial charge in [-0.05, 0) is 11.1 Å². The van der Waals surface area contributed by atoms with Gasteiger partial charge in [0.1, 0.15) is 0 Å². The van der Waals surface area contributed by atoms with Crippen molar-refractivity contribution in [3.8, 4) is 0 Å². The first-order valence-electron chi connectivity index (χ1n) is 6.65. The summed E-state index contributed by atoms with van der Waals surface area (Å²) in [5.41, 5.74) is 3.78. The van der Waals surface area contributed by atoms with Crippen LogP contribution in [0.15, 0.2) is 72.0 Å². The van der Waals surface area contributed by atoms with Crippen molar-refractivity contribution in [2.24, 2.45) is 0 Å². The van der Waals surface area contributed by atoms with Gasteiger partial charge in [-0.25, -0.2) is 4.98 Å². The number of imidazole rings is 1. The quantitative estimate of drug-likeness (QED) is 0.706. The fourth-order valence-corrected chi connectivity index (χ4v) is 2.87. The molecule has 0 amide bonds. The van der Waals surface area contributed by atoms with Crippen molar-refractivity contribution >= 4 is 11.8 Å². The second-order valence-corrected chi connectivity index (χ2v) is 5.61. The van der Waals surface area contributed by atoms with Crippen LogP contribution in [0.25, 0.3) is 0 Å². The smallest absolute Gasteiger partial charge is 0.165 e. The van der Waals surface area contributed by atoms with Crippen molar-refractivity contribution in [1.29, 1.82) is 0 Å². The van der Waals surface area contributed by atoms with Crippen LogP contribution in [0, 0.1) is 0 Å². The molecule has 20 heavy (non-hydrogen) atoms. The molecule has 0 radical (unpaired) electrons. The minimum Gasteiger partial charge on any atom is -0.337 e. The fourth-order valence-electron chi connectivity index (χ4n) is 2.04. The van der Waals surface area contributed by atoms with E-state index in [0.29, 0.717) is 0 Å². The van der Waals surface area contributed by atoms with E-state index in [-0.39, 0.29) is 0 Å². The first-order chi connectivity index (χ1) is 9.90. The van der Waals surface area contributed by atoms with E-state index in [4.69, 9.17) is 0 Å². The molecular formula is C17H16N2S. The molecule has 100 valence electrons. The molecule has 0 spiro atoms. The van der Waals surface area contributed by atoms with Gasteiger partial charge >= 0.3 is 0 Å². The van der Waals surface area contributed by atoms with Gasteiger partial charge in [0.2, 0.25) is 0 Å². The first kappa shape index (κ1) is 13.0. The Kier molecular flexibility index (Phi) is 4.19. The molecule has 0 unspecified atom stereocenters. The zero-order valence-electron chi connectivity index (χ0n) is 11.1. The first-order valence-corrected chi connectivity index (χ1v) is 7.63. The van der Waals surface area contributed by atoms with Crippen molar-refractivity contribution in [3.05, 3.63) is 83.7 Å². The highest BCUT2D eigenvalue weighted by Crippen LogP contribution is 2.20. The van der Waals surface area contributed by atoms with Crippen molar-refractivity contribution in [3.63, 3.8) is 0 Å². The molecular weight excluding hydrogens is 264 g/mol. The number of nitrogens with zero attached hydrogens (tertiary/aromatic N) is 1. The highest BCUT2D eigenvalue weighted by Gasteiger charge is 2.03. The lowest BCUT2D eigenvalue weighted by atomic mass is 10.1. The highest BCUT2D eigenvalue weighted by molar-refractivity contribution is 7.98. The molecule has 1 aromatic heterocycles. The maximum absolute atomic E-state index is 4.43. The lowest BCUT2D eigenvalue weighted by Gasteiger charge is -1.99. The van der Waals surface area contributed by atoms with Gasteiger partial charge in [0.05, 0.1) is 0 Å². The van der Waals surface area contributed by atoms with Gasteiger partial charge in [0, 0.05) is 24.1 Å². The molecule has 0 saturated heterocycles. The summed E-state index contributed by atoms with van der Waals surface area (Å²) >= 11 is 1.74. The van der Waals surface area contributed by atoms with Gasteiger partial charge in [0.25, 0.3) is 0 Å². The number of nitrogens with one attached hydrogen (secondary N) is 1. The van der Waals surface area contributed by atoms with Crippen molar-refractivity contribution in [2.75, 3.05) is 0 Å². The molecule has 1 N–H and O–H groups in total. The number of aromatic amines is 1. The van der Waals surface area contributed by atoms with E-state index in [9.17, 15) is 0 Å². The van der Waals surface area contributed by atoms with Crippen LogP contribution < -0.4 is 0 Å². The van der Waals surface area contributed by atoms with Crippen LogP contribution in [0.5, 0.6) is 0 Å². The van der Waals surface area contributed by atoms with E-state index in [1.165, 1.54) is 11.1 Å². The number of rotatable bonds is 5. The van der Waals surface area contributed by atoms with E-state index in [2.05, 4.69) is 58.5 Å². The summed E-state index contributed by atoms with van der Waals surface area (Å²) in [6.45, 7) is 0. The third kappa shape index (κ3) is 3.52. The number of H-pyrrole nitrogens is 1. The van der Waals surface area contributed by atoms with Crippen LogP contribution in [-0.2, 0) is 12.2 Å². The zero-order valence-corrected chi connectivity index (χ0v) is 11.9. The van der Waals surface area contributed by atoms with E-state index < -0.39 is 0 Å². The maximum atomic E-state index is 4.43. The Morgan fingerprint density at radius 2 is 1.50 bits per heavy atom. The van der Waals surface area contributed by atoms with Crippen molar-refractivity contribution < 1.29 is 0 Å². The zero-order chi connectivity index (χ0) is 13.6. The molecule has 3 aromatic rings. The lowest BCUT2D eigenvalue weighted by molar-refractivity contribution is 1.01. The van der Waals surface area contributed by atoms with E-state index in [1.807, 2.05) is 18.3 Å². The molecule has 3 rings (SSSR count). The average molecular weight is 280 g/mol. The maximum Gasteiger partial charge on any atom is 0.165 e. The van der Waals surface area contributed by atoms with Gasteiger partial charge < -0.3 is 4.98 Å². The summed E-state index contributed by atoms with van der Waals surface area (Å²) < 4.78 is 0. The molecule has 0 bridgehead atoms. The molecule has 0 saturated carbocycles. The summed E-state index contributed by atoms with van der Waals surface area (Å²) in [5.74, 6) is 0.944. The number of hydrogen-bond acceptors (Lipinski definition) is 2. The van der Waals surface area contributed by atoms with Gasteiger partial charge in [-0.3, -0.25) is 0 Å². The van der Waals surface area contributed by atoms with E-state index in [1.54, 1.807) is 11.8 Å². The second kappa shape index (κ2) is 6.44. The summed E-state index contributed by atoms with van der Waals surface area (Å²) in [6.07, 6.45) is 2.83. The Bertz CT molecular complexity index is 647. The molecule has 1 heterocycles. The lowest BCUT2D eigenvalue weighted by Crippen LogP contribution is -1.87. The Hall–Kier alpha value is -2.00. The molecule has 0 aliphatic carbocycles. The van der Waals surface area contributed by atoms with Gasteiger partial charge in [-0.2, -0.15) is 0 Å². The minimum absolute atomic E-state index is 0.903. The Morgan fingerprint density at radius 3 is 2.20 bits per heavy atom. The number of aromatic nitrogens is 2. The Labute approximate surface area is 123 Å². The number of benzene rings is 2. The van der Waals surface area contributed by atoms with Gasteiger partial charge in [-0.15, -0.1) is 0 Å². The van der Waals surface area contributed by atoms with Crippen molar-refractivity contribution in [1.82, 2.24) is 9.97 Å². The third-order valence-corrected chi connectivity index (χ3v) is 4.02. The molecule has 2 aromatic carbocycles. The van der Waals surface area contributed by atoms with Crippen LogP contribution >= 0.6 is 11.8 Å². The Balaban J connectivity index is 1.60. The summed E-state index contributed by atoms with van der Waals surface area (Å²) in [6, 6.07) is 20.9. The largest absolute Gasteiger partial charge is 0.337 e.